The minimum atomic E-state index is -0.459. The predicted molar refractivity (Wildman–Crippen MR) is 65.3 cm³/mol. The molecule has 4 N–H and O–H groups in total. The molecule has 6 nitrogen and oxygen atoms in total. The minimum absolute atomic E-state index is 0.0306. The molecule has 1 atom stereocenters. The van der Waals surface area contributed by atoms with Crippen molar-refractivity contribution in [2.45, 2.75) is 31.8 Å². The summed E-state index contributed by atoms with van der Waals surface area (Å²) in [5.41, 5.74) is 5.49. The van der Waals surface area contributed by atoms with E-state index in [0.717, 1.165) is 25.9 Å². The summed E-state index contributed by atoms with van der Waals surface area (Å²) in [6.45, 7) is 3.77. The van der Waals surface area contributed by atoms with Gasteiger partial charge in [-0.15, -0.1) is 0 Å². The van der Waals surface area contributed by atoms with Gasteiger partial charge in [-0.25, -0.2) is 0 Å². The first-order valence-electron chi connectivity index (χ1n) is 6.02. The molecule has 0 aromatic carbocycles. The zero-order valence-electron chi connectivity index (χ0n) is 10.5. The van der Waals surface area contributed by atoms with Crippen molar-refractivity contribution in [1.29, 1.82) is 0 Å². The lowest BCUT2D eigenvalue weighted by Crippen LogP contribution is -2.50. The summed E-state index contributed by atoms with van der Waals surface area (Å²) in [7, 11) is 1.64. The number of nitrogens with two attached hydrogens (primary N) is 1. The summed E-state index contributed by atoms with van der Waals surface area (Å²) in [5.74, 6) is -0.0715. The van der Waals surface area contributed by atoms with Gasteiger partial charge < -0.3 is 16.4 Å². The van der Waals surface area contributed by atoms with Crippen molar-refractivity contribution >= 4 is 11.8 Å². The van der Waals surface area contributed by atoms with Gasteiger partial charge in [0.1, 0.15) is 0 Å². The summed E-state index contributed by atoms with van der Waals surface area (Å²) >= 11 is 0. The second-order valence-corrected chi connectivity index (χ2v) is 4.52. The summed E-state index contributed by atoms with van der Waals surface area (Å²) in [5, 5.41) is 5.52. The maximum Gasteiger partial charge on any atom is 0.236 e. The molecule has 0 aliphatic carbocycles. The molecule has 1 aliphatic heterocycles. The fourth-order valence-corrected chi connectivity index (χ4v) is 1.85. The van der Waals surface area contributed by atoms with Crippen molar-refractivity contribution < 1.29 is 9.59 Å². The van der Waals surface area contributed by atoms with E-state index in [9.17, 15) is 9.59 Å². The van der Waals surface area contributed by atoms with Crippen LogP contribution in [0.15, 0.2) is 0 Å². The Morgan fingerprint density at radius 2 is 2.00 bits per heavy atom. The molecule has 1 fully saturated rings. The maximum atomic E-state index is 11.4. The van der Waals surface area contributed by atoms with Crippen LogP contribution in [0, 0.1) is 0 Å². The van der Waals surface area contributed by atoms with Crippen LogP contribution in [0.25, 0.3) is 0 Å². The van der Waals surface area contributed by atoms with Crippen LogP contribution in [-0.2, 0) is 9.59 Å². The average Bonchev–Trinajstić information content (AvgIpc) is 2.31. The molecule has 1 saturated heterocycles. The van der Waals surface area contributed by atoms with E-state index in [1.54, 1.807) is 14.0 Å². The number of carbonyl (C=O) groups is 2. The molecule has 0 aromatic rings. The fraction of sp³-hybridized carbons (Fsp3) is 0.818. The molecule has 1 rings (SSSR count). The first kappa shape index (κ1) is 13.9. The Hall–Kier alpha value is -1.14. The van der Waals surface area contributed by atoms with Gasteiger partial charge >= 0.3 is 0 Å². The number of nitrogens with one attached hydrogen (secondary N) is 2. The highest BCUT2D eigenvalue weighted by Gasteiger charge is 2.22. The van der Waals surface area contributed by atoms with Gasteiger partial charge in [-0.05, 0) is 19.8 Å². The van der Waals surface area contributed by atoms with Gasteiger partial charge in [-0.1, -0.05) is 0 Å². The number of amides is 2. The third-order valence-electron chi connectivity index (χ3n) is 2.99. The normalized spacial score (nSPS) is 19.7. The molecule has 0 aromatic heterocycles. The molecule has 1 heterocycles. The second-order valence-electron chi connectivity index (χ2n) is 4.52. The van der Waals surface area contributed by atoms with Crippen LogP contribution in [0.2, 0.25) is 0 Å². The second kappa shape index (κ2) is 6.56. The largest absolute Gasteiger partial charge is 0.358 e. The van der Waals surface area contributed by atoms with Crippen molar-refractivity contribution in [3.05, 3.63) is 0 Å². The number of likely N-dealkylation sites (tertiary alicyclic amines) is 1. The number of likely N-dealkylation sites (N-methyl/N-ethyl adjacent to an activating group) is 1. The van der Waals surface area contributed by atoms with Gasteiger partial charge in [0.2, 0.25) is 11.8 Å². The predicted octanol–water partition coefficient (Wildman–Crippen LogP) is -1.34. The SMILES string of the molecule is CNC(=O)CN1CCC(NC(=O)[C@@H](C)N)CC1. The number of piperidine rings is 1. The van der Waals surface area contributed by atoms with Crippen LogP contribution in [0.4, 0.5) is 0 Å². The Labute approximate surface area is 102 Å². The zero-order chi connectivity index (χ0) is 12.8. The molecule has 1 aliphatic rings. The summed E-state index contributed by atoms with van der Waals surface area (Å²) in [6.07, 6.45) is 1.74. The molecule has 0 unspecified atom stereocenters. The summed E-state index contributed by atoms with van der Waals surface area (Å²) in [6, 6.07) is -0.270. The lowest BCUT2D eigenvalue weighted by atomic mass is 10.0. The summed E-state index contributed by atoms with van der Waals surface area (Å²) in [4.78, 5) is 24.7. The Bertz CT molecular complexity index is 273. The van der Waals surface area contributed by atoms with Crippen LogP contribution >= 0.6 is 0 Å². The van der Waals surface area contributed by atoms with Crippen LogP contribution in [0.5, 0.6) is 0 Å². The van der Waals surface area contributed by atoms with Crippen molar-refractivity contribution in [2.75, 3.05) is 26.7 Å². The number of nitrogens with zero attached hydrogens (tertiary/aromatic N) is 1. The highest BCUT2D eigenvalue weighted by atomic mass is 16.2. The maximum absolute atomic E-state index is 11.4. The van der Waals surface area contributed by atoms with Crippen molar-refractivity contribution in [3.63, 3.8) is 0 Å². The van der Waals surface area contributed by atoms with E-state index in [2.05, 4.69) is 15.5 Å². The average molecular weight is 242 g/mol. The first-order valence-corrected chi connectivity index (χ1v) is 6.02. The van der Waals surface area contributed by atoms with E-state index in [4.69, 9.17) is 5.73 Å². The molecule has 0 radical (unpaired) electrons. The third-order valence-corrected chi connectivity index (χ3v) is 2.99. The molecule has 0 saturated carbocycles. The number of hydrogen-bond donors (Lipinski definition) is 3. The molecular weight excluding hydrogens is 220 g/mol. The highest BCUT2D eigenvalue weighted by Crippen LogP contribution is 2.09. The third kappa shape index (κ3) is 4.70. The Balaban J connectivity index is 2.26. The summed E-state index contributed by atoms with van der Waals surface area (Å²) < 4.78 is 0. The molecule has 0 bridgehead atoms. The highest BCUT2D eigenvalue weighted by molar-refractivity contribution is 5.81. The Morgan fingerprint density at radius 3 is 2.47 bits per heavy atom. The first-order chi connectivity index (χ1) is 8.02. The van der Waals surface area contributed by atoms with Gasteiger partial charge in [-0.2, -0.15) is 0 Å². The van der Waals surface area contributed by atoms with E-state index in [1.807, 2.05) is 0 Å². The van der Waals surface area contributed by atoms with Crippen LogP contribution in [0.1, 0.15) is 19.8 Å². The van der Waals surface area contributed by atoms with Crippen molar-refractivity contribution in [3.8, 4) is 0 Å². The van der Waals surface area contributed by atoms with E-state index in [1.165, 1.54) is 0 Å². The standard InChI is InChI=1S/C11H22N4O2/c1-8(12)11(17)14-9-3-5-15(6-4-9)7-10(16)13-2/h8-9H,3-7,12H2,1-2H3,(H,13,16)(H,14,17)/t8-/m1/s1. The van der Waals surface area contributed by atoms with Gasteiger partial charge in [0, 0.05) is 26.2 Å². The lowest BCUT2D eigenvalue weighted by Gasteiger charge is -2.32. The molecule has 98 valence electrons. The van der Waals surface area contributed by atoms with Crippen LogP contribution in [0.3, 0.4) is 0 Å². The minimum Gasteiger partial charge on any atom is -0.358 e. The van der Waals surface area contributed by atoms with Crippen LogP contribution < -0.4 is 16.4 Å². The lowest BCUT2D eigenvalue weighted by molar-refractivity contribution is -0.124. The van der Waals surface area contributed by atoms with Crippen molar-refractivity contribution in [2.24, 2.45) is 5.73 Å². The molecule has 17 heavy (non-hydrogen) atoms. The zero-order valence-corrected chi connectivity index (χ0v) is 10.5. The Morgan fingerprint density at radius 1 is 1.41 bits per heavy atom. The van der Waals surface area contributed by atoms with Gasteiger partial charge in [0.15, 0.2) is 0 Å². The van der Waals surface area contributed by atoms with E-state index >= 15 is 0 Å². The topological polar surface area (TPSA) is 87.5 Å². The number of hydrogen-bond acceptors (Lipinski definition) is 4. The number of rotatable bonds is 4. The smallest absolute Gasteiger partial charge is 0.236 e. The Kier molecular flexibility index (Phi) is 5.37. The van der Waals surface area contributed by atoms with E-state index < -0.39 is 6.04 Å². The molecule has 2 amide bonds. The van der Waals surface area contributed by atoms with E-state index in [-0.39, 0.29) is 17.9 Å². The molecular formula is C11H22N4O2. The molecule has 0 spiro atoms. The van der Waals surface area contributed by atoms with E-state index in [0.29, 0.717) is 6.54 Å². The fourth-order valence-electron chi connectivity index (χ4n) is 1.85. The monoisotopic (exact) mass is 242 g/mol. The van der Waals surface area contributed by atoms with Crippen molar-refractivity contribution in [1.82, 2.24) is 15.5 Å². The number of carbonyl (C=O) groups excluding carboxylic acids is 2. The quantitative estimate of drug-likeness (QED) is 0.569. The van der Waals surface area contributed by atoms with Gasteiger partial charge in [-0.3, -0.25) is 14.5 Å². The van der Waals surface area contributed by atoms with Gasteiger partial charge in [0.25, 0.3) is 0 Å². The molecule has 6 heteroatoms. The van der Waals surface area contributed by atoms with Crippen LogP contribution in [-0.4, -0.2) is 55.5 Å². The van der Waals surface area contributed by atoms with Gasteiger partial charge in [0.05, 0.1) is 12.6 Å².